The molecule has 1 aliphatic rings. The molecule has 0 radical (unpaired) electrons. The Morgan fingerprint density at radius 2 is 1.90 bits per heavy atom. The fraction of sp³-hybridized carbons (Fsp3) is 0.625. The van der Waals surface area contributed by atoms with Crippen LogP contribution in [0, 0.1) is 23.7 Å². The van der Waals surface area contributed by atoms with Gasteiger partial charge < -0.3 is 5.32 Å². The van der Waals surface area contributed by atoms with Crippen molar-refractivity contribution in [2.24, 2.45) is 11.8 Å². The van der Waals surface area contributed by atoms with Crippen LogP contribution in [0.1, 0.15) is 25.7 Å². The van der Waals surface area contributed by atoms with Gasteiger partial charge >= 0.3 is 0 Å². The summed E-state index contributed by atoms with van der Waals surface area (Å²) in [6.45, 7) is 1.79. The standard InChI is InChI=1S/C16H23ClN4/c1-21(2)9-3-4-13-5-7-14(8-6-13)10-18-16-19-11-15(17)12-20-16/h11-14H,5-10H2,1-2H3,(H,18,19,20). The van der Waals surface area contributed by atoms with Gasteiger partial charge in [0.05, 0.1) is 24.0 Å². The first-order chi connectivity index (χ1) is 10.1. The molecule has 1 saturated carbocycles. The van der Waals surface area contributed by atoms with Crippen LogP contribution in [0.2, 0.25) is 5.02 Å². The van der Waals surface area contributed by atoms with Crippen molar-refractivity contribution in [1.29, 1.82) is 0 Å². The van der Waals surface area contributed by atoms with E-state index in [-0.39, 0.29) is 0 Å². The minimum Gasteiger partial charge on any atom is -0.354 e. The van der Waals surface area contributed by atoms with Crippen LogP contribution < -0.4 is 5.32 Å². The Kier molecular flexibility index (Phi) is 6.28. The van der Waals surface area contributed by atoms with Gasteiger partial charge in [-0.1, -0.05) is 23.4 Å². The van der Waals surface area contributed by atoms with E-state index in [1.54, 1.807) is 12.4 Å². The number of nitrogens with one attached hydrogen (secondary N) is 1. The molecule has 0 bridgehead atoms. The maximum absolute atomic E-state index is 5.77. The second kappa shape index (κ2) is 8.21. The van der Waals surface area contributed by atoms with Gasteiger partial charge in [-0.3, -0.25) is 4.90 Å². The quantitative estimate of drug-likeness (QED) is 0.869. The van der Waals surface area contributed by atoms with Crippen LogP contribution in [0.4, 0.5) is 5.95 Å². The molecule has 0 saturated heterocycles. The molecule has 4 nitrogen and oxygen atoms in total. The summed E-state index contributed by atoms with van der Waals surface area (Å²) in [6.07, 6.45) is 8.09. The van der Waals surface area contributed by atoms with Crippen molar-refractivity contribution in [3.63, 3.8) is 0 Å². The first-order valence-electron chi connectivity index (χ1n) is 7.48. The number of aromatic nitrogens is 2. The highest BCUT2D eigenvalue weighted by Crippen LogP contribution is 2.28. The lowest BCUT2D eigenvalue weighted by Crippen LogP contribution is -2.21. The Labute approximate surface area is 132 Å². The van der Waals surface area contributed by atoms with Crippen LogP contribution in [0.15, 0.2) is 12.4 Å². The molecular formula is C16H23ClN4. The lowest BCUT2D eigenvalue weighted by molar-refractivity contribution is 0.328. The van der Waals surface area contributed by atoms with Crippen LogP contribution in [-0.2, 0) is 0 Å². The van der Waals surface area contributed by atoms with Crippen LogP contribution in [-0.4, -0.2) is 42.1 Å². The van der Waals surface area contributed by atoms with E-state index in [0.717, 1.165) is 13.1 Å². The monoisotopic (exact) mass is 306 g/mol. The lowest BCUT2D eigenvalue weighted by Gasteiger charge is -2.25. The van der Waals surface area contributed by atoms with Gasteiger partial charge in [-0.25, -0.2) is 9.97 Å². The molecule has 0 spiro atoms. The summed E-state index contributed by atoms with van der Waals surface area (Å²) in [5, 5.41) is 3.86. The molecule has 0 amide bonds. The van der Waals surface area contributed by atoms with Crippen molar-refractivity contribution >= 4 is 17.5 Å². The molecule has 1 fully saturated rings. The Balaban J connectivity index is 1.69. The molecule has 5 heteroatoms. The number of hydrogen-bond donors (Lipinski definition) is 1. The fourth-order valence-electron chi connectivity index (χ4n) is 2.50. The Bertz CT molecular complexity index is 481. The van der Waals surface area contributed by atoms with Gasteiger partial charge in [0.25, 0.3) is 0 Å². The van der Waals surface area contributed by atoms with Crippen molar-refractivity contribution in [2.45, 2.75) is 25.7 Å². The SMILES string of the molecule is CN(C)CC#CC1CCC(CNc2ncc(Cl)cn2)CC1. The molecule has 0 atom stereocenters. The van der Waals surface area contributed by atoms with Crippen LogP contribution in [0.3, 0.4) is 0 Å². The Morgan fingerprint density at radius 3 is 2.52 bits per heavy atom. The lowest BCUT2D eigenvalue weighted by atomic mass is 9.82. The third-order valence-electron chi connectivity index (χ3n) is 3.72. The molecule has 2 rings (SSSR count). The van der Waals surface area contributed by atoms with Gasteiger partial charge in [-0.2, -0.15) is 0 Å². The normalized spacial score (nSPS) is 21.7. The third-order valence-corrected chi connectivity index (χ3v) is 3.91. The van der Waals surface area contributed by atoms with E-state index in [1.165, 1.54) is 25.7 Å². The van der Waals surface area contributed by atoms with Crippen molar-refractivity contribution < 1.29 is 0 Å². The summed E-state index contributed by atoms with van der Waals surface area (Å²) in [5.74, 6) is 8.59. The summed E-state index contributed by atoms with van der Waals surface area (Å²) in [6, 6.07) is 0. The first kappa shape index (κ1) is 16.1. The minimum absolute atomic E-state index is 0.567. The number of nitrogens with zero attached hydrogens (tertiary/aromatic N) is 3. The molecule has 1 aromatic rings. The Hall–Kier alpha value is -1.31. The zero-order valence-corrected chi connectivity index (χ0v) is 13.5. The van der Waals surface area contributed by atoms with Crippen LogP contribution >= 0.6 is 11.6 Å². The average Bonchev–Trinajstić information content (AvgIpc) is 2.48. The number of anilines is 1. The smallest absolute Gasteiger partial charge is 0.222 e. The molecule has 1 aliphatic carbocycles. The molecule has 21 heavy (non-hydrogen) atoms. The predicted octanol–water partition coefficient (Wildman–Crippen LogP) is 2.91. The second-order valence-corrected chi connectivity index (χ2v) is 6.32. The minimum atomic E-state index is 0.567. The second-order valence-electron chi connectivity index (χ2n) is 5.88. The van der Waals surface area contributed by atoms with E-state index in [2.05, 4.69) is 46.1 Å². The molecule has 0 aliphatic heterocycles. The molecule has 1 aromatic heterocycles. The largest absolute Gasteiger partial charge is 0.354 e. The van der Waals surface area contributed by atoms with Crippen molar-refractivity contribution in [3.05, 3.63) is 17.4 Å². The summed E-state index contributed by atoms with van der Waals surface area (Å²) in [4.78, 5) is 10.4. The van der Waals surface area contributed by atoms with E-state index in [1.807, 2.05) is 0 Å². The molecule has 0 unspecified atom stereocenters. The zero-order chi connectivity index (χ0) is 15.1. The summed E-state index contributed by atoms with van der Waals surface area (Å²) in [7, 11) is 4.10. The van der Waals surface area contributed by atoms with Gasteiger partial charge in [0.2, 0.25) is 5.95 Å². The van der Waals surface area contributed by atoms with Gasteiger partial charge in [0.15, 0.2) is 0 Å². The number of rotatable bonds is 4. The topological polar surface area (TPSA) is 41.0 Å². The molecule has 114 valence electrons. The number of halogens is 1. The highest BCUT2D eigenvalue weighted by atomic mass is 35.5. The molecular weight excluding hydrogens is 284 g/mol. The van der Waals surface area contributed by atoms with Crippen molar-refractivity contribution in [1.82, 2.24) is 14.9 Å². The van der Waals surface area contributed by atoms with Gasteiger partial charge in [0, 0.05) is 12.5 Å². The third kappa shape index (κ3) is 5.91. The van der Waals surface area contributed by atoms with Crippen LogP contribution in [0.5, 0.6) is 0 Å². The zero-order valence-electron chi connectivity index (χ0n) is 12.8. The van der Waals surface area contributed by atoms with Crippen LogP contribution in [0.25, 0.3) is 0 Å². The van der Waals surface area contributed by atoms with E-state index >= 15 is 0 Å². The van der Waals surface area contributed by atoms with Gasteiger partial charge in [-0.15, -0.1) is 0 Å². The first-order valence-corrected chi connectivity index (χ1v) is 7.86. The van der Waals surface area contributed by atoms with Crippen molar-refractivity contribution in [2.75, 3.05) is 32.5 Å². The van der Waals surface area contributed by atoms with E-state index in [9.17, 15) is 0 Å². The highest BCUT2D eigenvalue weighted by molar-refractivity contribution is 6.30. The highest BCUT2D eigenvalue weighted by Gasteiger charge is 2.19. The van der Waals surface area contributed by atoms with Crippen molar-refractivity contribution in [3.8, 4) is 11.8 Å². The maximum Gasteiger partial charge on any atom is 0.222 e. The fourth-order valence-corrected chi connectivity index (χ4v) is 2.60. The molecule has 1 N–H and O–H groups in total. The molecule has 0 aromatic carbocycles. The number of hydrogen-bond acceptors (Lipinski definition) is 4. The molecule has 1 heterocycles. The summed E-state index contributed by atoms with van der Waals surface area (Å²) >= 11 is 5.77. The Morgan fingerprint density at radius 1 is 1.24 bits per heavy atom. The van der Waals surface area contributed by atoms with Gasteiger partial charge in [-0.05, 0) is 45.7 Å². The maximum atomic E-state index is 5.77. The van der Waals surface area contributed by atoms with E-state index in [4.69, 9.17) is 11.6 Å². The average molecular weight is 307 g/mol. The summed E-state index contributed by atoms with van der Waals surface area (Å²) < 4.78 is 0. The van der Waals surface area contributed by atoms with Gasteiger partial charge in [0.1, 0.15) is 0 Å². The summed E-state index contributed by atoms with van der Waals surface area (Å²) in [5.41, 5.74) is 0. The van der Waals surface area contributed by atoms with E-state index < -0.39 is 0 Å². The van der Waals surface area contributed by atoms with E-state index in [0.29, 0.717) is 22.8 Å². The predicted molar refractivity (Wildman–Crippen MR) is 87.3 cm³/mol.